The molecule has 1 aromatic rings. The molecule has 0 radical (unpaired) electrons. The zero-order valence-corrected chi connectivity index (χ0v) is 12.1. The number of hydrogen-bond donors (Lipinski definition) is 2. The first-order valence-corrected chi connectivity index (χ1v) is 6.73. The van der Waals surface area contributed by atoms with E-state index in [9.17, 15) is 0 Å². The lowest BCUT2D eigenvalue weighted by atomic mass is 10.3. The average molecular weight is 263 g/mol. The molecule has 0 fully saturated rings. The second-order valence-electron chi connectivity index (χ2n) is 4.84. The molecular weight excluding hydrogens is 238 g/mol. The van der Waals surface area contributed by atoms with E-state index in [2.05, 4.69) is 41.1 Å². The Bertz CT molecular complexity index is 375. The van der Waals surface area contributed by atoms with Crippen LogP contribution in [-0.2, 0) is 6.42 Å². The second-order valence-corrected chi connectivity index (χ2v) is 4.84. The van der Waals surface area contributed by atoms with Crippen LogP contribution in [0.25, 0.3) is 0 Å². The van der Waals surface area contributed by atoms with E-state index in [1.807, 2.05) is 18.2 Å². The van der Waals surface area contributed by atoms with Gasteiger partial charge in [-0.25, -0.2) is 0 Å². The van der Waals surface area contributed by atoms with Crippen LogP contribution in [0.5, 0.6) is 0 Å². The van der Waals surface area contributed by atoms with Crippen LogP contribution in [0.3, 0.4) is 0 Å². The summed E-state index contributed by atoms with van der Waals surface area (Å²) in [6.45, 7) is 6.72. The zero-order chi connectivity index (χ0) is 14.1. The first-order valence-electron chi connectivity index (χ1n) is 6.73. The van der Waals surface area contributed by atoms with Gasteiger partial charge in [-0.05, 0) is 33.0 Å². The molecule has 1 rings (SSSR count). The van der Waals surface area contributed by atoms with Crippen molar-refractivity contribution >= 4 is 5.96 Å². The summed E-state index contributed by atoms with van der Waals surface area (Å²) < 4.78 is 0. The van der Waals surface area contributed by atoms with Crippen LogP contribution in [0.15, 0.2) is 29.4 Å². The van der Waals surface area contributed by atoms with E-state index in [0.717, 1.165) is 31.7 Å². The lowest BCUT2D eigenvalue weighted by molar-refractivity contribution is 0.282. The highest BCUT2D eigenvalue weighted by molar-refractivity contribution is 5.77. The van der Waals surface area contributed by atoms with Crippen molar-refractivity contribution in [1.29, 1.82) is 0 Å². The Kier molecular flexibility index (Phi) is 6.89. The van der Waals surface area contributed by atoms with Crippen molar-refractivity contribution in [2.75, 3.05) is 26.7 Å². The van der Waals surface area contributed by atoms with Gasteiger partial charge in [0.25, 0.3) is 0 Å². The number of nitrogens with zero attached hydrogens (tertiary/aromatic N) is 3. The van der Waals surface area contributed by atoms with Gasteiger partial charge in [0.05, 0.1) is 6.54 Å². The number of hydrogen-bond acceptors (Lipinski definition) is 3. The van der Waals surface area contributed by atoms with E-state index in [1.165, 1.54) is 0 Å². The summed E-state index contributed by atoms with van der Waals surface area (Å²) in [6, 6.07) is 6.44. The number of guanidine groups is 1. The van der Waals surface area contributed by atoms with Crippen molar-refractivity contribution in [2.24, 2.45) is 10.7 Å². The first kappa shape index (κ1) is 15.4. The molecule has 0 unspecified atom stereocenters. The van der Waals surface area contributed by atoms with Crippen molar-refractivity contribution in [3.63, 3.8) is 0 Å². The van der Waals surface area contributed by atoms with E-state index in [0.29, 0.717) is 12.0 Å². The molecule has 0 aliphatic rings. The third-order valence-electron chi connectivity index (χ3n) is 3.03. The van der Waals surface area contributed by atoms with Gasteiger partial charge in [-0.15, -0.1) is 0 Å². The van der Waals surface area contributed by atoms with Crippen LogP contribution in [0, 0.1) is 0 Å². The highest BCUT2D eigenvalue weighted by atomic mass is 15.1. The molecule has 0 aliphatic heterocycles. The van der Waals surface area contributed by atoms with E-state index in [-0.39, 0.29) is 0 Å². The van der Waals surface area contributed by atoms with Crippen LogP contribution in [0.4, 0.5) is 0 Å². The molecule has 1 heterocycles. The minimum atomic E-state index is 0.507. The Labute approximate surface area is 115 Å². The van der Waals surface area contributed by atoms with Crippen LogP contribution in [0.1, 0.15) is 19.5 Å². The molecule has 0 aromatic carbocycles. The van der Waals surface area contributed by atoms with Crippen LogP contribution in [0.2, 0.25) is 0 Å². The molecule has 0 aliphatic carbocycles. The van der Waals surface area contributed by atoms with Gasteiger partial charge in [0, 0.05) is 37.4 Å². The van der Waals surface area contributed by atoms with Gasteiger partial charge in [0.15, 0.2) is 5.96 Å². The highest BCUT2D eigenvalue weighted by Gasteiger charge is 2.01. The number of rotatable bonds is 7. The number of aliphatic imine (C=N–C) groups is 1. The topological polar surface area (TPSA) is 66.5 Å². The second kappa shape index (κ2) is 8.48. The highest BCUT2D eigenvalue weighted by Crippen LogP contribution is 1.93. The summed E-state index contributed by atoms with van der Waals surface area (Å²) in [4.78, 5) is 10.8. The first-order chi connectivity index (χ1) is 9.09. The van der Waals surface area contributed by atoms with Gasteiger partial charge in [-0.1, -0.05) is 6.07 Å². The fraction of sp³-hybridized carbons (Fsp3) is 0.571. The standard InChI is InChI=1S/C14H25N5/c1-12(2)19(3)11-10-18-14(15)17-9-7-13-6-4-5-8-16-13/h4-6,8,12H,7,9-11H2,1-3H3,(H3,15,17,18). The van der Waals surface area contributed by atoms with Gasteiger partial charge in [-0.3, -0.25) is 9.98 Å². The van der Waals surface area contributed by atoms with Gasteiger partial charge < -0.3 is 16.0 Å². The number of likely N-dealkylation sites (N-methyl/N-ethyl adjacent to an activating group) is 1. The fourth-order valence-electron chi connectivity index (χ4n) is 1.51. The molecule has 106 valence electrons. The lowest BCUT2D eigenvalue weighted by Gasteiger charge is -2.19. The molecule has 5 nitrogen and oxygen atoms in total. The minimum Gasteiger partial charge on any atom is -0.370 e. The third-order valence-corrected chi connectivity index (χ3v) is 3.03. The molecule has 1 aromatic heterocycles. The third kappa shape index (κ3) is 6.76. The molecule has 19 heavy (non-hydrogen) atoms. The van der Waals surface area contributed by atoms with E-state index >= 15 is 0 Å². The Morgan fingerprint density at radius 2 is 2.26 bits per heavy atom. The zero-order valence-electron chi connectivity index (χ0n) is 12.1. The Hall–Kier alpha value is -1.62. The molecule has 0 spiro atoms. The molecule has 0 amide bonds. The van der Waals surface area contributed by atoms with Crippen molar-refractivity contribution in [3.8, 4) is 0 Å². The average Bonchev–Trinajstić information content (AvgIpc) is 2.39. The summed E-state index contributed by atoms with van der Waals surface area (Å²) in [6.07, 6.45) is 2.65. The van der Waals surface area contributed by atoms with Crippen molar-refractivity contribution in [2.45, 2.75) is 26.3 Å². The fourth-order valence-corrected chi connectivity index (χ4v) is 1.51. The SMILES string of the molecule is CC(C)N(C)CCN=C(N)NCCc1ccccn1. The molecule has 5 heteroatoms. The predicted molar refractivity (Wildman–Crippen MR) is 80.2 cm³/mol. The number of aromatic nitrogens is 1. The van der Waals surface area contributed by atoms with Crippen LogP contribution in [-0.4, -0.2) is 48.6 Å². The van der Waals surface area contributed by atoms with Crippen molar-refractivity contribution < 1.29 is 0 Å². The molecular formula is C14H25N5. The van der Waals surface area contributed by atoms with Crippen LogP contribution < -0.4 is 11.1 Å². The van der Waals surface area contributed by atoms with Gasteiger partial charge in [0.1, 0.15) is 0 Å². The van der Waals surface area contributed by atoms with E-state index in [4.69, 9.17) is 5.73 Å². The molecule has 0 atom stereocenters. The van der Waals surface area contributed by atoms with Gasteiger partial charge in [0.2, 0.25) is 0 Å². The maximum absolute atomic E-state index is 5.80. The molecule has 0 bridgehead atoms. The van der Waals surface area contributed by atoms with Crippen molar-refractivity contribution in [1.82, 2.24) is 15.2 Å². The largest absolute Gasteiger partial charge is 0.370 e. The van der Waals surface area contributed by atoms with Gasteiger partial charge in [-0.2, -0.15) is 0 Å². The Balaban J connectivity index is 2.18. The smallest absolute Gasteiger partial charge is 0.188 e. The summed E-state index contributed by atoms with van der Waals surface area (Å²) in [7, 11) is 2.09. The molecule has 0 saturated carbocycles. The normalized spacial score (nSPS) is 12.2. The maximum Gasteiger partial charge on any atom is 0.188 e. The summed E-state index contributed by atoms with van der Waals surface area (Å²) in [5, 5.41) is 3.10. The summed E-state index contributed by atoms with van der Waals surface area (Å²) >= 11 is 0. The Morgan fingerprint density at radius 1 is 1.47 bits per heavy atom. The number of nitrogens with one attached hydrogen (secondary N) is 1. The summed E-state index contributed by atoms with van der Waals surface area (Å²) in [5.74, 6) is 0.507. The molecule has 0 saturated heterocycles. The monoisotopic (exact) mass is 263 g/mol. The van der Waals surface area contributed by atoms with Crippen molar-refractivity contribution in [3.05, 3.63) is 30.1 Å². The number of nitrogens with two attached hydrogens (primary N) is 1. The molecule has 3 N–H and O–H groups in total. The maximum atomic E-state index is 5.80. The summed E-state index contributed by atoms with van der Waals surface area (Å²) in [5.41, 5.74) is 6.86. The number of pyridine rings is 1. The minimum absolute atomic E-state index is 0.507. The quantitative estimate of drug-likeness (QED) is 0.566. The van der Waals surface area contributed by atoms with E-state index < -0.39 is 0 Å². The van der Waals surface area contributed by atoms with Gasteiger partial charge >= 0.3 is 0 Å². The lowest BCUT2D eigenvalue weighted by Crippen LogP contribution is -2.35. The van der Waals surface area contributed by atoms with Crippen LogP contribution >= 0.6 is 0 Å². The van der Waals surface area contributed by atoms with E-state index in [1.54, 1.807) is 6.20 Å². The predicted octanol–water partition coefficient (Wildman–Crippen LogP) is 0.869. The Morgan fingerprint density at radius 3 is 2.89 bits per heavy atom.